The molecule has 1 aromatic rings. The van der Waals surface area contributed by atoms with Crippen LogP contribution in [0.1, 0.15) is 58.9 Å². The van der Waals surface area contributed by atoms with Gasteiger partial charge in [0.1, 0.15) is 12.1 Å². The lowest BCUT2D eigenvalue weighted by atomic mass is 9.75. The third-order valence-corrected chi connectivity index (χ3v) is 7.03. The van der Waals surface area contributed by atoms with E-state index >= 15 is 0 Å². The summed E-state index contributed by atoms with van der Waals surface area (Å²) in [6.07, 6.45) is 3.00. The number of hydrogen-bond acceptors (Lipinski definition) is 6. The Morgan fingerprint density at radius 2 is 1.80 bits per heavy atom. The molecular formula is C25H38BN3O6. The molecule has 2 aliphatic heterocycles. The number of ether oxygens (including phenoxy) is 1. The molecule has 2 fully saturated rings. The van der Waals surface area contributed by atoms with E-state index in [1.165, 1.54) is 12.7 Å². The summed E-state index contributed by atoms with van der Waals surface area (Å²) in [4.78, 5) is 37.4. The van der Waals surface area contributed by atoms with E-state index in [4.69, 9.17) is 14.0 Å². The predicted octanol–water partition coefficient (Wildman–Crippen LogP) is 1.54. The Morgan fingerprint density at radius 1 is 1.14 bits per heavy atom. The summed E-state index contributed by atoms with van der Waals surface area (Å²) in [5.41, 5.74) is 0.136. The highest BCUT2D eigenvalue weighted by Crippen LogP contribution is 2.38. The Hall–Kier alpha value is -2.43. The second kappa shape index (κ2) is 11.5. The van der Waals surface area contributed by atoms with Gasteiger partial charge in [0.05, 0.1) is 23.8 Å². The van der Waals surface area contributed by atoms with Crippen LogP contribution in [0.2, 0.25) is 0 Å². The van der Waals surface area contributed by atoms with Gasteiger partial charge in [-0.25, -0.2) is 0 Å². The maximum absolute atomic E-state index is 13.3. The fraction of sp³-hybridized carbons (Fsp3) is 0.640. The Kier molecular flexibility index (Phi) is 8.96. The Morgan fingerprint density at radius 3 is 2.37 bits per heavy atom. The van der Waals surface area contributed by atoms with Gasteiger partial charge < -0.3 is 30.0 Å². The highest BCUT2D eigenvalue weighted by atomic mass is 16.7. The minimum absolute atomic E-state index is 0.00164. The lowest BCUT2D eigenvalue weighted by Crippen LogP contribution is -2.57. The quantitative estimate of drug-likeness (QED) is 0.408. The van der Waals surface area contributed by atoms with Gasteiger partial charge in [-0.15, -0.1) is 0 Å². The van der Waals surface area contributed by atoms with Crippen molar-refractivity contribution in [3.63, 3.8) is 0 Å². The summed E-state index contributed by atoms with van der Waals surface area (Å²) < 4.78 is 17.7. The van der Waals surface area contributed by atoms with E-state index < -0.39 is 42.3 Å². The maximum atomic E-state index is 13.3. The molecule has 10 heteroatoms. The van der Waals surface area contributed by atoms with Crippen molar-refractivity contribution in [3.05, 3.63) is 35.9 Å². The van der Waals surface area contributed by atoms with E-state index in [1.54, 1.807) is 0 Å². The largest absolute Gasteiger partial charge is 0.481 e. The molecule has 3 amide bonds. The van der Waals surface area contributed by atoms with Gasteiger partial charge in [0, 0.05) is 13.5 Å². The number of hydrogen-bond donors (Lipinski definition) is 3. The Balaban J connectivity index is 1.68. The first kappa shape index (κ1) is 27.2. The smallest absolute Gasteiger partial charge is 0.402 e. The third-order valence-electron chi connectivity index (χ3n) is 7.03. The first-order chi connectivity index (χ1) is 16.5. The molecule has 9 nitrogen and oxygen atoms in total. The minimum atomic E-state index is -0.913. The molecule has 0 spiro atoms. The summed E-state index contributed by atoms with van der Waals surface area (Å²) >= 11 is 0. The zero-order valence-electron chi connectivity index (χ0n) is 21.4. The molecule has 2 saturated heterocycles. The molecule has 3 N–H and O–H groups in total. The van der Waals surface area contributed by atoms with Crippen LogP contribution < -0.4 is 16.0 Å². The molecule has 2 heterocycles. The molecular weight excluding hydrogens is 449 g/mol. The van der Waals surface area contributed by atoms with Gasteiger partial charge in [0.2, 0.25) is 17.7 Å². The summed E-state index contributed by atoms with van der Waals surface area (Å²) in [6, 6.07) is 8.60. The summed E-state index contributed by atoms with van der Waals surface area (Å²) in [5.74, 6) is -1.37. The average molecular weight is 487 g/mol. The number of aryl methyl sites for hydroxylation is 1. The van der Waals surface area contributed by atoms with Crippen LogP contribution in [0.5, 0.6) is 0 Å². The monoisotopic (exact) mass is 487 g/mol. The van der Waals surface area contributed by atoms with E-state index in [1.807, 2.05) is 45.9 Å². The van der Waals surface area contributed by atoms with Crippen molar-refractivity contribution >= 4 is 24.8 Å². The highest BCUT2D eigenvalue weighted by Gasteiger charge is 2.54. The number of amides is 3. The SMILES string of the molecule is COCC(NC(=O)C1CCC(=O)N1)C(=O)N[C@@H](CCCc1ccccc1)B1OC(C)(C)C(C)(C)O1. The van der Waals surface area contributed by atoms with Crippen LogP contribution in [-0.4, -0.2) is 67.8 Å². The molecule has 35 heavy (non-hydrogen) atoms. The molecule has 1 aromatic carbocycles. The Bertz CT molecular complexity index is 878. The molecule has 3 atom stereocenters. The molecule has 0 radical (unpaired) electrons. The van der Waals surface area contributed by atoms with Gasteiger partial charge in [0.15, 0.2) is 0 Å². The molecule has 0 saturated carbocycles. The van der Waals surface area contributed by atoms with Crippen LogP contribution in [0, 0.1) is 0 Å². The number of rotatable bonds is 11. The Labute approximate surface area is 208 Å². The molecule has 0 aromatic heterocycles. The van der Waals surface area contributed by atoms with E-state index in [2.05, 4.69) is 28.1 Å². The van der Waals surface area contributed by atoms with Crippen molar-refractivity contribution in [1.82, 2.24) is 16.0 Å². The maximum Gasteiger partial charge on any atom is 0.481 e. The normalized spacial score (nSPS) is 22.4. The fourth-order valence-electron chi connectivity index (χ4n) is 4.22. The molecule has 192 valence electrons. The van der Waals surface area contributed by atoms with E-state index in [0.717, 1.165) is 12.8 Å². The van der Waals surface area contributed by atoms with Crippen LogP contribution in [0.25, 0.3) is 0 Å². The van der Waals surface area contributed by atoms with E-state index in [0.29, 0.717) is 19.3 Å². The predicted molar refractivity (Wildman–Crippen MR) is 132 cm³/mol. The topological polar surface area (TPSA) is 115 Å². The molecule has 0 bridgehead atoms. The molecule has 2 aliphatic rings. The van der Waals surface area contributed by atoms with Crippen LogP contribution in [0.4, 0.5) is 0 Å². The van der Waals surface area contributed by atoms with Crippen molar-refractivity contribution in [2.45, 2.75) is 89.0 Å². The van der Waals surface area contributed by atoms with Crippen molar-refractivity contribution in [2.75, 3.05) is 13.7 Å². The second-order valence-electron chi connectivity index (χ2n) is 10.3. The van der Waals surface area contributed by atoms with Crippen LogP contribution in [0.15, 0.2) is 30.3 Å². The lowest BCUT2D eigenvalue weighted by Gasteiger charge is -2.32. The number of methoxy groups -OCH3 is 1. The number of carbonyl (C=O) groups excluding carboxylic acids is 3. The molecule has 0 aliphatic carbocycles. The first-order valence-electron chi connectivity index (χ1n) is 12.3. The van der Waals surface area contributed by atoms with Gasteiger partial charge in [0.25, 0.3) is 0 Å². The lowest BCUT2D eigenvalue weighted by molar-refractivity contribution is -0.131. The molecule has 3 rings (SSSR count). The zero-order chi connectivity index (χ0) is 25.6. The van der Waals surface area contributed by atoms with Gasteiger partial charge in [-0.2, -0.15) is 0 Å². The van der Waals surface area contributed by atoms with Gasteiger partial charge in [-0.05, 0) is 58.9 Å². The summed E-state index contributed by atoms with van der Waals surface area (Å²) in [5, 5.41) is 8.38. The highest BCUT2D eigenvalue weighted by molar-refractivity contribution is 6.48. The van der Waals surface area contributed by atoms with E-state index in [-0.39, 0.29) is 18.4 Å². The van der Waals surface area contributed by atoms with Crippen LogP contribution in [-0.2, 0) is 34.9 Å². The van der Waals surface area contributed by atoms with E-state index in [9.17, 15) is 14.4 Å². The van der Waals surface area contributed by atoms with Gasteiger partial charge >= 0.3 is 7.12 Å². The van der Waals surface area contributed by atoms with Crippen molar-refractivity contribution in [1.29, 1.82) is 0 Å². The molecule has 2 unspecified atom stereocenters. The van der Waals surface area contributed by atoms with Crippen molar-refractivity contribution < 1.29 is 28.4 Å². The third kappa shape index (κ3) is 7.05. The fourth-order valence-corrected chi connectivity index (χ4v) is 4.22. The standard InChI is InChI=1S/C25H38BN3O6/c1-24(2)25(3,4)35-26(34-24)20(13-9-12-17-10-7-6-8-11-17)29-23(32)19(16-33-5)28-22(31)18-14-15-21(30)27-18/h6-8,10-11,18-20H,9,12-16H2,1-5H3,(H,27,30)(H,28,31)(H,29,32)/t18?,19?,20-/m0/s1. The van der Waals surface area contributed by atoms with Crippen LogP contribution in [0.3, 0.4) is 0 Å². The number of carbonyl (C=O) groups is 3. The zero-order valence-corrected chi connectivity index (χ0v) is 21.4. The average Bonchev–Trinajstić information content (AvgIpc) is 3.33. The van der Waals surface area contributed by atoms with Crippen molar-refractivity contribution in [3.8, 4) is 0 Å². The minimum Gasteiger partial charge on any atom is -0.402 e. The number of benzene rings is 1. The summed E-state index contributed by atoms with van der Waals surface area (Å²) in [6.45, 7) is 7.89. The van der Waals surface area contributed by atoms with Crippen LogP contribution >= 0.6 is 0 Å². The van der Waals surface area contributed by atoms with Gasteiger partial charge in [-0.3, -0.25) is 14.4 Å². The van der Waals surface area contributed by atoms with Crippen molar-refractivity contribution in [2.24, 2.45) is 0 Å². The number of nitrogens with one attached hydrogen (secondary N) is 3. The summed E-state index contributed by atoms with van der Waals surface area (Å²) in [7, 11) is 0.836. The first-order valence-corrected chi connectivity index (χ1v) is 12.3. The van der Waals surface area contributed by atoms with Gasteiger partial charge in [-0.1, -0.05) is 30.3 Å². The second-order valence-corrected chi connectivity index (χ2v) is 10.3.